The molecule has 1 rings (SSSR count). The highest BCUT2D eigenvalue weighted by molar-refractivity contribution is 5.99. The van der Waals surface area contributed by atoms with E-state index in [1.165, 1.54) is 0 Å². The molecule has 19 heavy (non-hydrogen) atoms. The number of nitrogens with two attached hydrogens (primary N) is 2. The molecule has 0 aliphatic heterocycles. The molecule has 0 aromatic carbocycles. The van der Waals surface area contributed by atoms with Crippen LogP contribution in [0.25, 0.3) is 0 Å². The van der Waals surface area contributed by atoms with Gasteiger partial charge in [-0.25, -0.2) is 4.98 Å². The molecule has 0 radical (unpaired) electrons. The van der Waals surface area contributed by atoms with Crippen molar-refractivity contribution in [2.24, 2.45) is 11.5 Å². The third-order valence-electron chi connectivity index (χ3n) is 3.49. The van der Waals surface area contributed by atoms with Gasteiger partial charge in [0, 0.05) is 11.2 Å². The molecule has 0 saturated heterocycles. The molecule has 0 fully saturated rings. The number of pyridine rings is 1. The lowest BCUT2D eigenvalue weighted by Crippen LogP contribution is -2.37. The van der Waals surface area contributed by atoms with Crippen molar-refractivity contribution in [3.63, 3.8) is 0 Å². The Kier molecular flexibility index (Phi) is 4.89. The number of carbonyl (C=O) groups excluding carboxylic acids is 1. The average molecular weight is 264 g/mol. The zero-order valence-electron chi connectivity index (χ0n) is 12.2. The van der Waals surface area contributed by atoms with Gasteiger partial charge >= 0.3 is 0 Å². The smallest absolute Gasteiger partial charge is 0.252 e. The number of hydrogen-bond donors (Lipinski definition) is 3. The van der Waals surface area contributed by atoms with Crippen LogP contribution in [0.3, 0.4) is 0 Å². The molecule has 1 unspecified atom stereocenters. The predicted octanol–water partition coefficient (Wildman–Crippen LogP) is 1.73. The fourth-order valence-electron chi connectivity index (χ4n) is 2.17. The van der Waals surface area contributed by atoms with Crippen LogP contribution in [-0.4, -0.2) is 23.0 Å². The van der Waals surface area contributed by atoms with Crippen molar-refractivity contribution in [3.8, 4) is 0 Å². The molecule has 0 spiro atoms. The first-order valence-corrected chi connectivity index (χ1v) is 6.59. The van der Waals surface area contributed by atoms with Gasteiger partial charge in [-0.2, -0.15) is 0 Å². The number of nitrogens with zero attached hydrogens (tertiary/aromatic N) is 1. The van der Waals surface area contributed by atoms with Crippen molar-refractivity contribution in [1.29, 1.82) is 0 Å². The molecule has 106 valence electrons. The quantitative estimate of drug-likeness (QED) is 0.729. The average Bonchev–Trinajstić information content (AvgIpc) is 2.27. The molecule has 1 atom stereocenters. The molecule has 5 heteroatoms. The zero-order valence-corrected chi connectivity index (χ0v) is 12.2. The Morgan fingerprint density at radius 2 is 2.11 bits per heavy atom. The number of rotatable bonds is 6. The predicted molar refractivity (Wildman–Crippen MR) is 78.2 cm³/mol. The molecule has 0 aliphatic rings. The van der Waals surface area contributed by atoms with E-state index < -0.39 is 5.91 Å². The molecule has 5 nitrogen and oxygen atoms in total. The molecule has 1 amide bonds. The summed E-state index contributed by atoms with van der Waals surface area (Å²) in [5.74, 6) is 0.0986. The lowest BCUT2D eigenvalue weighted by atomic mass is 9.94. The second-order valence-corrected chi connectivity index (χ2v) is 5.25. The normalized spacial score (nSPS) is 13.9. The van der Waals surface area contributed by atoms with Crippen LogP contribution in [0.4, 0.5) is 5.82 Å². The summed E-state index contributed by atoms with van der Waals surface area (Å²) in [5, 5.41) is 3.35. The summed E-state index contributed by atoms with van der Waals surface area (Å²) >= 11 is 0. The van der Waals surface area contributed by atoms with Crippen molar-refractivity contribution in [1.82, 2.24) is 4.98 Å². The Morgan fingerprint density at radius 1 is 1.47 bits per heavy atom. The minimum Gasteiger partial charge on any atom is -0.365 e. The van der Waals surface area contributed by atoms with E-state index in [-0.39, 0.29) is 5.54 Å². The first-order chi connectivity index (χ1) is 8.83. The molecule has 1 aromatic heterocycles. The van der Waals surface area contributed by atoms with Gasteiger partial charge in [0.05, 0.1) is 5.56 Å². The second-order valence-electron chi connectivity index (χ2n) is 5.25. The summed E-state index contributed by atoms with van der Waals surface area (Å²) in [7, 11) is 0. The van der Waals surface area contributed by atoms with Crippen molar-refractivity contribution < 1.29 is 4.79 Å². The topological polar surface area (TPSA) is 94.0 Å². The number of carbonyl (C=O) groups is 1. The van der Waals surface area contributed by atoms with E-state index >= 15 is 0 Å². The fraction of sp³-hybridized carbons (Fsp3) is 0.571. The summed E-state index contributed by atoms with van der Waals surface area (Å²) < 4.78 is 0. The van der Waals surface area contributed by atoms with E-state index in [1.807, 2.05) is 19.9 Å². The van der Waals surface area contributed by atoms with E-state index in [0.717, 1.165) is 24.1 Å². The molecular formula is C14H24N4O. The maximum Gasteiger partial charge on any atom is 0.252 e. The summed E-state index contributed by atoms with van der Waals surface area (Å²) in [6, 6.07) is 1.86. The molecule has 1 aromatic rings. The number of primary amides is 1. The van der Waals surface area contributed by atoms with Crippen LogP contribution in [0.2, 0.25) is 0 Å². The molecule has 0 bridgehead atoms. The minimum absolute atomic E-state index is 0.188. The van der Waals surface area contributed by atoms with Gasteiger partial charge in [0.25, 0.3) is 5.91 Å². The second kappa shape index (κ2) is 6.02. The van der Waals surface area contributed by atoms with Crippen molar-refractivity contribution in [3.05, 3.63) is 22.9 Å². The van der Waals surface area contributed by atoms with Crippen LogP contribution in [-0.2, 0) is 0 Å². The van der Waals surface area contributed by atoms with Gasteiger partial charge in [0.15, 0.2) is 0 Å². The molecule has 1 heterocycles. The SMILES string of the molecule is CCC(C)(CCN)Nc1nc(C)cc(C)c1C(N)=O. The monoisotopic (exact) mass is 264 g/mol. The third-order valence-corrected chi connectivity index (χ3v) is 3.49. The van der Waals surface area contributed by atoms with E-state index in [4.69, 9.17) is 11.5 Å². The highest BCUT2D eigenvalue weighted by Crippen LogP contribution is 2.25. The van der Waals surface area contributed by atoms with E-state index in [0.29, 0.717) is 17.9 Å². The standard InChI is InChI=1S/C14H24N4O/c1-5-14(4,6-7-15)18-13-11(12(16)19)9(2)8-10(3)17-13/h8H,5-7,15H2,1-4H3,(H2,16,19)(H,17,18). The van der Waals surface area contributed by atoms with Gasteiger partial charge in [-0.15, -0.1) is 0 Å². The first-order valence-electron chi connectivity index (χ1n) is 6.59. The van der Waals surface area contributed by atoms with Gasteiger partial charge in [-0.1, -0.05) is 6.92 Å². The Bertz CT molecular complexity index is 473. The Hall–Kier alpha value is -1.62. The summed E-state index contributed by atoms with van der Waals surface area (Å²) in [4.78, 5) is 16.0. The van der Waals surface area contributed by atoms with Crippen LogP contribution in [0, 0.1) is 13.8 Å². The third kappa shape index (κ3) is 3.67. The largest absolute Gasteiger partial charge is 0.365 e. The van der Waals surface area contributed by atoms with Crippen molar-refractivity contribution in [2.45, 2.75) is 46.1 Å². The lowest BCUT2D eigenvalue weighted by Gasteiger charge is -2.31. The van der Waals surface area contributed by atoms with Crippen LogP contribution >= 0.6 is 0 Å². The van der Waals surface area contributed by atoms with Crippen LogP contribution in [0.15, 0.2) is 6.07 Å². The van der Waals surface area contributed by atoms with Gasteiger partial charge in [-0.3, -0.25) is 4.79 Å². The number of amides is 1. The van der Waals surface area contributed by atoms with E-state index in [1.54, 1.807) is 0 Å². The van der Waals surface area contributed by atoms with Gasteiger partial charge < -0.3 is 16.8 Å². The number of nitrogens with one attached hydrogen (secondary N) is 1. The summed E-state index contributed by atoms with van der Waals surface area (Å²) in [5.41, 5.74) is 13.1. The number of hydrogen-bond acceptors (Lipinski definition) is 4. The van der Waals surface area contributed by atoms with Gasteiger partial charge in [-0.05, 0) is 51.8 Å². The lowest BCUT2D eigenvalue weighted by molar-refractivity contribution is 0.1000. The summed E-state index contributed by atoms with van der Waals surface area (Å²) in [6.45, 7) is 8.49. The molecule has 0 saturated carbocycles. The molecule has 0 aliphatic carbocycles. The Morgan fingerprint density at radius 3 is 2.58 bits per heavy atom. The van der Waals surface area contributed by atoms with E-state index in [9.17, 15) is 4.79 Å². The minimum atomic E-state index is -0.460. The van der Waals surface area contributed by atoms with Gasteiger partial charge in [0.1, 0.15) is 5.82 Å². The summed E-state index contributed by atoms with van der Waals surface area (Å²) in [6.07, 6.45) is 1.69. The molecular weight excluding hydrogens is 240 g/mol. The Labute approximate surface area is 114 Å². The molecule has 5 N–H and O–H groups in total. The van der Waals surface area contributed by atoms with Crippen molar-refractivity contribution >= 4 is 11.7 Å². The fourth-order valence-corrected chi connectivity index (χ4v) is 2.17. The van der Waals surface area contributed by atoms with Gasteiger partial charge in [0.2, 0.25) is 0 Å². The van der Waals surface area contributed by atoms with Crippen molar-refractivity contribution in [2.75, 3.05) is 11.9 Å². The van der Waals surface area contributed by atoms with Crippen LogP contribution < -0.4 is 16.8 Å². The number of aryl methyl sites for hydroxylation is 2. The number of anilines is 1. The van der Waals surface area contributed by atoms with E-state index in [2.05, 4.69) is 24.1 Å². The Balaban J connectivity index is 3.22. The number of aromatic nitrogens is 1. The highest BCUT2D eigenvalue weighted by atomic mass is 16.1. The van der Waals surface area contributed by atoms with Crippen LogP contribution in [0.1, 0.15) is 48.3 Å². The maximum atomic E-state index is 11.6. The maximum absolute atomic E-state index is 11.6. The van der Waals surface area contributed by atoms with Crippen LogP contribution in [0.5, 0.6) is 0 Å². The first kappa shape index (κ1) is 15.4. The zero-order chi connectivity index (χ0) is 14.6. The highest BCUT2D eigenvalue weighted by Gasteiger charge is 2.24.